The Bertz CT molecular complexity index is 917. The van der Waals surface area contributed by atoms with Gasteiger partial charge in [0.1, 0.15) is 5.82 Å². The summed E-state index contributed by atoms with van der Waals surface area (Å²) in [5, 5.41) is 14.7. The molecule has 4 rings (SSSR count). The van der Waals surface area contributed by atoms with Gasteiger partial charge in [-0.3, -0.25) is 4.79 Å². The highest BCUT2D eigenvalue weighted by Gasteiger charge is 2.30. The van der Waals surface area contributed by atoms with Crippen LogP contribution in [0.25, 0.3) is 10.8 Å². The number of fused-ring (bicyclic) bond motifs is 1. The van der Waals surface area contributed by atoms with Gasteiger partial charge in [0.05, 0.1) is 5.75 Å². The van der Waals surface area contributed by atoms with Crippen molar-refractivity contribution in [3.8, 4) is 0 Å². The summed E-state index contributed by atoms with van der Waals surface area (Å²) >= 11 is 1.45. The number of carbonyl (C=O) groups is 1. The molecule has 6 heteroatoms. The molecule has 0 aliphatic heterocycles. The van der Waals surface area contributed by atoms with Gasteiger partial charge in [-0.05, 0) is 42.7 Å². The summed E-state index contributed by atoms with van der Waals surface area (Å²) in [6.07, 6.45) is 2.40. The van der Waals surface area contributed by atoms with Crippen molar-refractivity contribution in [3.05, 3.63) is 48.3 Å². The molecule has 3 aromatic rings. The number of thioether (sulfide) groups is 1. The van der Waals surface area contributed by atoms with Crippen LogP contribution in [0.4, 0.5) is 5.69 Å². The zero-order valence-corrected chi connectivity index (χ0v) is 14.9. The van der Waals surface area contributed by atoms with Gasteiger partial charge in [-0.1, -0.05) is 42.1 Å². The molecule has 128 valence electrons. The summed E-state index contributed by atoms with van der Waals surface area (Å²) in [6, 6.07) is 14.1. The molecule has 1 fully saturated rings. The van der Waals surface area contributed by atoms with Crippen molar-refractivity contribution in [2.24, 2.45) is 0 Å². The Morgan fingerprint density at radius 3 is 2.76 bits per heavy atom. The molecule has 0 unspecified atom stereocenters. The van der Waals surface area contributed by atoms with E-state index in [2.05, 4.69) is 33.1 Å². The van der Waals surface area contributed by atoms with Crippen molar-refractivity contribution in [2.45, 2.75) is 37.4 Å². The second-order valence-electron chi connectivity index (χ2n) is 6.26. The fourth-order valence-electron chi connectivity index (χ4n) is 2.94. The minimum Gasteiger partial charge on any atom is -0.325 e. The number of rotatable bonds is 6. The largest absolute Gasteiger partial charge is 0.325 e. The highest BCUT2D eigenvalue weighted by Crippen LogP contribution is 2.39. The zero-order valence-electron chi connectivity index (χ0n) is 14.1. The average Bonchev–Trinajstić information content (AvgIpc) is 3.39. The Balaban J connectivity index is 1.40. The maximum Gasteiger partial charge on any atom is 0.234 e. The molecule has 5 nitrogen and oxygen atoms in total. The van der Waals surface area contributed by atoms with Gasteiger partial charge >= 0.3 is 0 Å². The first-order valence-corrected chi connectivity index (χ1v) is 9.57. The van der Waals surface area contributed by atoms with Gasteiger partial charge in [0.15, 0.2) is 5.16 Å². The van der Waals surface area contributed by atoms with Crippen LogP contribution in [0.5, 0.6) is 0 Å². The number of carbonyl (C=O) groups excluding carboxylic acids is 1. The van der Waals surface area contributed by atoms with E-state index in [1.807, 2.05) is 36.4 Å². The van der Waals surface area contributed by atoms with Crippen molar-refractivity contribution in [1.29, 1.82) is 0 Å². The Hall–Kier alpha value is -2.34. The summed E-state index contributed by atoms with van der Waals surface area (Å²) in [7, 11) is 0. The molecule has 1 heterocycles. The van der Waals surface area contributed by atoms with E-state index in [1.165, 1.54) is 30.0 Å². The number of hydrogen-bond acceptors (Lipinski definition) is 4. The maximum atomic E-state index is 12.3. The van der Waals surface area contributed by atoms with Crippen LogP contribution in [0, 0.1) is 0 Å². The van der Waals surface area contributed by atoms with Crippen molar-refractivity contribution in [1.82, 2.24) is 14.8 Å². The third-order valence-electron chi connectivity index (χ3n) is 4.37. The molecule has 1 N–H and O–H groups in total. The lowest BCUT2D eigenvalue weighted by Gasteiger charge is -2.08. The molecule has 1 aliphatic rings. The van der Waals surface area contributed by atoms with Crippen molar-refractivity contribution in [2.75, 3.05) is 11.1 Å². The molecule has 0 saturated heterocycles. The number of hydrogen-bond donors (Lipinski definition) is 1. The molecule has 2 aromatic carbocycles. The van der Waals surface area contributed by atoms with E-state index in [0.717, 1.165) is 28.6 Å². The van der Waals surface area contributed by atoms with Gasteiger partial charge < -0.3 is 9.88 Å². The summed E-state index contributed by atoms with van der Waals surface area (Å²) in [4.78, 5) is 12.3. The lowest BCUT2D eigenvalue weighted by Crippen LogP contribution is -2.14. The molecular formula is C19H20N4OS. The van der Waals surface area contributed by atoms with E-state index >= 15 is 0 Å². The topological polar surface area (TPSA) is 59.8 Å². The predicted octanol–water partition coefficient (Wildman–Crippen LogP) is 4.06. The Labute approximate surface area is 150 Å². The lowest BCUT2D eigenvalue weighted by molar-refractivity contribution is -0.113. The number of aromatic nitrogens is 3. The fraction of sp³-hybridized carbons (Fsp3) is 0.316. The average molecular weight is 352 g/mol. The van der Waals surface area contributed by atoms with E-state index in [-0.39, 0.29) is 5.91 Å². The van der Waals surface area contributed by atoms with Gasteiger partial charge in [0, 0.05) is 18.2 Å². The van der Waals surface area contributed by atoms with Crippen LogP contribution in [0.2, 0.25) is 0 Å². The highest BCUT2D eigenvalue weighted by molar-refractivity contribution is 7.99. The monoisotopic (exact) mass is 352 g/mol. The van der Waals surface area contributed by atoms with Crippen molar-refractivity contribution in [3.63, 3.8) is 0 Å². The van der Waals surface area contributed by atoms with Gasteiger partial charge in [-0.15, -0.1) is 10.2 Å². The predicted molar refractivity (Wildman–Crippen MR) is 101 cm³/mol. The lowest BCUT2D eigenvalue weighted by atomic mass is 10.1. The Morgan fingerprint density at radius 2 is 2.00 bits per heavy atom. The molecule has 1 aromatic heterocycles. The van der Waals surface area contributed by atoms with Gasteiger partial charge in [0.2, 0.25) is 5.91 Å². The normalized spacial score (nSPS) is 14.0. The summed E-state index contributed by atoms with van der Waals surface area (Å²) in [5.74, 6) is 1.93. The van der Waals surface area contributed by atoms with E-state index < -0.39 is 0 Å². The third kappa shape index (κ3) is 3.54. The molecule has 1 amide bonds. The number of benzene rings is 2. The summed E-state index contributed by atoms with van der Waals surface area (Å²) in [5.41, 5.74) is 0.819. The number of amides is 1. The van der Waals surface area contributed by atoms with Crippen molar-refractivity contribution >= 4 is 34.1 Å². The summed E-state index contributed by atoms with van der Waals surface area (Å²) < 4.78 is 2.13. The van der Waals surface area contributed by atoms with Crippen LogP contribution < -0.4 is 5.32 Å². The van der Waals surface area contributed by atoms with Crippen LogP contribution in [0.3, 0.4) is 0 Å². The maximum absolute atomic E-state index is 12.3. The van der Waals surface area contributed by atoms with Crippen LogP contribution in [-0.2, 0) is 11.3 Å². The van der Waals surface area contributed by atoms with Gasteiger partial charge in [-0.25, -0.2) is 0 Å². The fourth-order valence-corrected chi connectivity index (χ4v) is 3.75. The number of nitrogens with one attached hydrogen (secondary N) is 1. The van der Waals surface area contributed by atoms with Crippen LogP contribution in [0.1, 0.15) is 31.5 Å². The first-order valence-electron chi connectivity index (χ1n) is 8.59. The van der Waals surface area contributed by atoms with Crippen LogP contribution in [0.15, 0.2) is 47.6 Å². The second kappa shape index (κ2) is 6.88. The Morgan fingerprint density at radius 1 is 1.20 bits per heavy atom. The van der Waals surface area contributed by atoms with Crippen molar-refractivity contribution < 1.29 is 4.79 Å². The molecule has 1 aliphatic carbocycles. The van der Waals surface area contributed by atoms with Crippen LogP contribution >= 0.6 is 11.8 Å². The standard InChI is InChI=1S/C19H20N4OS/c1-2-23-18(14-7-8-14)21-22-19(23)25-12-17(24)20-16-10-9-13-5-3-4-6-15(13)11-16/h3-6,9-11,14H,2,7-8,12H2,1H3,(H,20,24). The molecular weight excluding hydrogens is 332 g/mol. The molecule has 0 spiro atoms. The minimum atomic E-state index is -0.0288. The zero-order chi connectivity index (χ0) is 17.2. The quantitative estimate of drug-likeness (QED) is 0.680. The van der Waals surface area contributed by atoms with E-state index in [9.17, 15) is 4.79 Å². The number of nitrogens with zero attached hydrogens (tertiary/aromatic N) is 3. The number of anilines is 1. The SMILES string of the molecule is CCn1c(SCC(=O)Nc2ccc3ccccc3c2)nnc1C1CC1. The smallest absolute Gasteiger partial charge is 0.234 e. The first-order chi connectivity index (χ1) is 12.2. The minimum absolute atomic E-state index is 0.0288. The summed E-state index contributed by atoms with van der Waals surface area (Å²) in [6.45, 7) is 2.93. The molecule has 0 bridgehead atoms. The Kier molecular flexibility index (Phi) is 4.44. The van der Waals surface area contributed by atoms with E-state index in [4.69, 9.17) is 0 Å². The molecule has 0 atom stereocenters. The molecule has 25 heavy (non-hydrogen) atoms. The molecule has 0 radical (unpaired) electrons. The molecule has 1 saturated carbocycles. The highest BCUT2D eigenvalue weighted by atomic mass is 32.2. The van der Waals surface area contributed by atoms with E-state index in [0.29, 0.717) is 11.7 Å². The first kappa shape index (κ1) is 16.1. The van der Waals surface area contributed by atoms with E-state index in [1.54, 1.807) is 0 Å². The van der Waals surface area contributed by atoms with Gasteiger partial charge in [0.25, 0.3) is 0 Å². The second-order valence-corrected chi connectivity index (χ2v) is 7.20. The van der Waals surface area contributed by atoms with Gasteiger partial charge in [-0.2, -0.15) is 0 Å². The van der Waals surface area contributed by atoms with Crippen LogP contribution in [-0.4, -0.2) is 26.4 Å². The third-order valence-corrected chi connectivity index (χ3v) is 5.34.